The molecule has 0 spiro atoms. The van der Waals surface area contributed by atoms with Crippen LogP contribution in [-0.4, -0.2) is 87.3 Å². The molecule has 2 rings (SSSR count). The van der Waals surface area contributed by atoms with Crippen LogP contribution in [0.2, 0.25) is 0 Å². The lowest BCUT2D eigenvalue weighted by Crippen LogP contribution is -2.48. The Balaban J connectivity index is 1.63. The van der Waals surface area contributed by atoms with E-state index < -0.39 is 0 Å². The Bertz CT molecular complexity index is 312. The minimum Gasteiger partial charge on any atom is -0.379 e. The predicted octanol–water partition coefficient (Wildman–Crippen LogP) is -1.71. The quantitative estimate of drug-likeness (QED) is 0.659. The van der Waals surface area contributed by atoms with Crippen molar-refractivity contribution >= 4 is 11.8 Å². The van der Waals surface area contributed by atoms with E-state index in [2.05, 4.69) is 5.32 Å². The van der Waals surface area contributed by atoms with E-state index in [1.807, 2.05) is 4.90 Å². The molecular weight excluding hydrogens is 250 g/mol. The number of nitrogens with one attached hydrogen (secondary N) is 1. The summed E-state index contributed by atoms with van der Waals surface area (Å²) in [7, 11) is 0. The Hall–Kier alpha value is -1.18. The molecule has 7 nitrogen and oxygen atoms in total. The third kappa shape index (κ3) is 4.77. The van der Waals surface area contributed by atoms with Gasteiger partial charge in [0.05, 0.1) is 39.5 Å². The van der Waals surface area contributed by atoms with Crippen LogP contribution in [-0.2, 0) is 19.1 Å². The molecule has 0 aromatic heterocycles. The molecule has 2 aliphatic heterocycles. The van der Waals surface area contributed by atoms with E-state index in [1.165, 1.54) is 0 Å². The third-order valence-corrected chi connectivity index (χ3v) is 3.27. The maximum atomic E-state index is 11.8. The van der Waals surface area contributed by atoms with Crippen LogP contribution in [0.15, 0.2) is 0 Å². The number of hydrogen-bond acceptors (Lipinski definition) is 5. The summed E-state index contributed by atoms with van der Waals surface area (Å²) in [4.78, 5) is 27.3. The van der Waals surface area contributed by atoms with Gasteiger partial charge in [-0.3, -0.25) is 14.5 Å². The summed E-state index contributed by atoms with van der Waals surface area (Å²) in [6, 6.07) is 0. The highest BCUT2D eigenvalue weighted by atomic mass is 16.5. The Morgan fingerprint density at radius 2 is 1.53 bits per heavy atom. The first-order chi connectivity index (χ1) is 9.25. The van der Waals surface area contributed by atoms with Crippen molar-refractivity contribution in [1.82, 2.24) is 15.1 Å². The molecule has 2 heterocycles. The third-order valence-electron chi connectivity index (χ3n) is 3.27. The molecule has 2 amide bonds. The molecule has 0 aromatic rings. The lowest BCUT2D eigenvalue weighted by molar-refractivity contribution is -0.136. The number of carbonyl (C=O) groups excluding carboxylic acids is 2. The van der Waals surface area contributed by atoms with Crippen molar-refractivity contribution in [3.63, 3.8) is 0 Å². The normalized spacial score (nSPS) is 21.2. The van der Waals surface area contributed by atoms with Crippen LogP contribution in [0.25, 0.3) is 0 Å². The Morgan fingerprint density at radius 3 is 2.16 bits per heavy atom. The van der Waals surface area contributed by atoms with Gasteiger partial charge in [-0.1, -0.05) is 0 Å². The molecule has 0 saturated carbocycles. The molecule has 0 bridgehead atoms. The lowest BCUT2D eigenvalue weighted by Gasteiger charge is -2.28. The lowest BCUT2D eigenvalue weighted by atomic mass is 10.3. The van der Waals surface area contributed by atoms with Crippen molar-refractivity contribution in [3.8, 4) is 0 Å². The summed E-state index contributed by atoms with van der Waals surface area (Å²) in [5.74, 6) is -0.151. The Labute approximate surface area is 112 Å². The number of nitrogens with zero attached hydrogens (tertiary/aromatic N) is 2. The van der Waals surface area contributed by atoms with Gasteiger partial charge >= 0.3 is 0 Å². The largest absolute Gasteiger partial charge is 0.379 e. The standard InChI is InChI=1S/C12H21N3O4/c16-11(10-14-1-5-18-6-2-14)13-9-12(17)15-3-7-19-8-4-15/h1-10H2,(H,13,16). The van der Waals surface area contributed by atoms with Crippen molar-refractivity contribution < 1.29 is 19.1 Å². The molecule has 0 unspecified atom stereocenters. The minimum absolute atomic E-state index is 0.0429. The first-order valence-electron chi connectivity index (χ1n) is 6.68. The van der Waals surface area contributed by atoms with Gasteiger partial charge in [-0.25, -0.2) is 0 Å². The van der Waals surface area contributed by atoms with Gasteiger partial charge in [0.15, 0.2) is 0 Å². The molecule has 0 atom stereocenters. The highest BCUT2D eigenvalue weighted by Gasteiger charge is 2.18. The monoisotopic (exact) mass is 271 g/mol. The van der Waals surface area contributed by atoms with Crippen LogP contribution < -0.4 is 5.32 Å². The topological polar surface area (TPSA) is 71.1 Å². The van der Waals surface area contributed by atoms with Gasteiger partial charge in [0.2, 0.25) is 11.8 Å². The maximum absolute atomic E-state index is 11.8. The summed E-state index contributed by atoms with van der Waals surface area (Å²) in [6.07, 6.45) is 0. The Morgan fingerprint density at radius 1 is 0.947 bits per heavy atom. The summed E-state index contributed by atoms with van der Waals surface area (Å²) < 4.78 is 10.4. The molecule has 108 valence electrons. The second-order valence-electron chi connectivity index (χ2n) is 4.66. The number of carbonyl (C=O) groups is 2. The predicted molar refractivity (Wildman–Crippen MR) is 67.7 cm³/mol. The number of rotatable bonds is 4. The average Bonchev–Trinajstić information content (AvgIpc) is 2.47. The van der Waals surface area contributed by atoms with E-state index in [4.69, 9.17) is 9.47 Å². The first kappa shape index (κ1) is 14.2. The Kier molecular flexibility index (Phi) is 5.56. The summed E-state index contributed by atoms with van der Waals surface area (Å²) in [6.45, 7) is 5.65. The molecule has 2 aliphatic rings. The molecule has 7 heteroatoms. The van der Waals surface area contributed by atoms with E-state index in [1.54, 1.807) is 4.90 Å². The molecule has 1 N–H and O–H groups in total. The van der Waals surface area contributed by atoms with E-state index in [9.17, 15) is 9.59 Å². The molecular formula is C12H21N3O4. The molecule has 2 saturated heterocycles. The molecule has 19 heavy (non-hydrogen) atoms. The zero-order valence-corrected chi connectivity index (χ0v) is 11.1. The van der Waals surface area contributed by atoms with Crippen molar-refractivity contribution in [2.75, 3.05) is 65.7 Å². The summed E-state index contributed by atoms with van der Waals surface area (Å²) in [5.41, 5.74) is 0. The number of amides is 2. The van der Waals surface area contributed by atoms with Crippen LogP contribution in [0.5, 0.6) is 0 Å². The van der Waals surface area contributed by atoms with Crippen LogP contribution in [0.1, 0.15) is 0 Å². The van der Waals surface area contributed by atoms with Crippen LogP contribution in [0.3, 0.4) is 0 Å². The number of ether oxygens (including phenoxy) is 2. The number of morpholine rings is 2. The molecule has 2 fully saturated rings. The SMILES string of the molecule is O=C(CN1CCOCC1)NCC(=O)N1CCOCC1. The van der Waals surface area contributed by atoms with E-state index in [0.717, 1.165) is 13.1 Å². The minimum atomic E-state index is -0.108. The van der Waals surface area contributed by atoms with Crippen LogP contribution in [0, 0.1) is 0 Å². The highest BCUT2D eigenvalue weighted by Crippen LogP contribution is 1.97. The van der Waals surface area contributed by atoms with Crippen molar-refractivity contribution in [1.29, 1.82) is 0 Å². The van der Waals surface area contributed by atoms with Crippen LogP contribution in [0.4, 0.5) is 0 Å². The van der Waals surface area contributed by atoms with Gasteiger partial charge in [0, 0.05) is 26.2 Å². The second-order valence-corrected chi connectivity index (χ2v) is 4.66. The van der Waals surface area contributed by atoms with Crippen molar-refractivity contribution in [3.05, 3.63) is 0 Å². The van der Waals surface area contributed by atoms with Gasteiger partial charge in [0.1, 0.15) is 0 Å². The highest BCUT2D eigenvalue weighted by molar-refractivity contribution is 5.85. The van der Waals surface area contributed by atoms with E-state index in [-0.39, 0.29) is 18.4 Å². The summed E-state index contributed by atoms with van der Waals surface area (Å²) >= 11 is 0. The smallest absolute Gasteiger partial charge is 0.242 e. The van der Waals surface area contributed by atoms with Crippen molar-refractivity contribution in [2.24, 2.45) is 0 Å². The van der Waals surface area contributed by atoms with Gasteiger partial charge in [-0.15, -0.1) is 0 Å². The first-order valence-corrected chi connectivity index (χ1v) is 6.68. The number of hydrogen-bond donors (Lipinski definition) is 1. The zero-order chi connectivity index (χ0) is 13.5. The van der Waals surface area contributed by atoms with Gasteiger partial charge < -0.3 is 19.7 Å². The fourth-order valence-corrected chi connectivity index (χ4v) is 2.12. The second kappa shape index (κ2) is 7.42. The van der Waals surface area contributed by atoms with Crippen molar-refractivity contribution in [2.45, 2.75) is 0 Å². The molecule has 0 aliphatic carbocycles. The van der Waals surface area contributed by atoms with Gasteiger partial charge in [-0.05, 0) is 0 Å². The molecule has 0 aromatic carbocycles. The zero-order valence-electron chi connectivity index (χ0n) is 11.1. The van der Waals surface area contributed by atoms with Gasteiger partial charge in [-0.2, -0.15) is 0 Å². The average molecular weight is 271 g/mol. The van der Waals surface area contributed by atoms with E-state index in [0.29, 0.717) is 46.1 Å². The fraction of sp³-hybridized carbons (Fsp3) is 0.833. The maximum Gasteiger partial charge on any atom is 0.242 e. The van der Waals surface area contributed by atoms with E-state index >= 15 is 0 Å². The van der Waals surface area contributed by atoms with Crippen LogP contribution >= 0.6 is 0 Å². The fourth-order valence-electron chi connectivity index (χ4n) is 2.12. The van der Waals surface area contributed by atoms with Gasteiger partial charge in [0.25, 0.3) is 0 Å². The summed E-state index contributed by atoms with van der Waals surface area (Å²) in [5, 5.41) is 2.67. The molecule has 0 radical (unpaired) electrons.